The van der Waals surface area contributed by atoms with Gasteiger partial charge in [-0.05, 0) is 51.0 Å². The second-order valence-electron chi connectivity index (χ2n) is 4.88. The normalized spacial score (nSPS) is 10.6. The number of hydrogen-bond acceptors (Lipinski definition) is 2. The molecule has 0 radical (unpaired) electrons. The number of anilines is 1. The van der Waals surface area contributed by atoms with Gasteiger partial charge >= 0.3 is 0 Å². The van der Waals surface area contributed by atoms with Crippen molar-refractivity contribution in [1.29, 1.82) is 0 Å². The van der Waals surface area contributed by atoms with Crippen molar-refractivity contribution in [3.63, 3.8) is 0 Å². The van der Waals surface area contributed by atoms with E-state index in [9.17, 15) is 4.79 Å². The fraction of sp³-hybridized carbons (Fsp3) is 0.500. The summed E-state index contributed by atoms with van der Waals surface area (Å²) in [6.07, 6.45) is 0. The van der Waals surface area contributed by atoms with Crippen LogP contribution in [0.25, 0.3) is 0 Å². The Hall–Kier alpha value is -1.03. The molecular formula is C14H21BrN2O. The highest BCUT2D eigenvalue weighted by Gasteiger charge is 2.11. The summed E-state index contributed by atoms with van der Waals surface area (Å²) in [5, 5.41) is 3.18. The van der Waals surface area contributed by atoms with E-state index < -0.39 is 0 Å². The number of halogens is 1. The van der Waals surface area contributed by atoms with Crippen LogP contribution in [-0.4, -0.2) is 30.4 Å². The van der Waals surface area contributed by atoms with Crippen molar-refractivity contribution in [2.24, 2.45) is 0 Å². The average molecular weight is 313 g/mol. The third kappa shape index (κ3) is 3.73. The molecule has 1 N–H and O–H groups in total. The van der Waals surface area contributed by atoms with Gasteiger partial charge in [0.1, 0.15) is 0 Å². The molecule has 0 saturated heterocycles. The number of nitrogens with one attached hydrogen (secondary N) is 1. The molecule has 1 aromatic carbocycles. The number of nitrogens with zero attached hydrogens (tertiary/aromatic N) is 1. The number of aryl methyl sites for hydroxylation is 2. The lowest BCUT2D eigenvalue weighted by molar-refractivity contribution is -0.129. The third-order valence-electron chi connectivity index (χ3n) is 3.05. The van der Waals surface area contributed by atoms with Gasteiger partial charge in [-0.3, -0.25) is 4.79 Å². The molecule has 0 aromatic heterocycles. The first-order valence-corrected chi connectivity index (χ1v) is 6.88. The molecule has 3 nitrogen and oxygen atoms in total. The molecule has 0 saturated carbocycles. The van der Waals surface area contributed by atoms with Crippen molar-refractivity contribution >= 4 is 27.5 Å². The second kappa shape index (κ2) is 6.23. The van der Waals surface area contributed by atoms with E-state index in [1.165, 1.54) is 11.1 Å². The molecule has 0 spiro atoms. The zero-order chi connectivity index (χ0) is 13.9. The van der Waals surface area contributed by atoms with Gasteiger partial charge in [-0.1, -0.05) is 15.9 Å². The number of carbonyl (C=O) groups is 1. The van der Waals surface area contributed by atoms with Crippen LogP contribution in [0.4, 0.5) is 5.69 Å². The van der Waals surface area contributed by atoms with Crippen LogP contribution in [0.1, 0.15) is 25.0 Å². The number of carbonyl (C=O) groups excluding carboxylic acids is 1. The van der Waals surface area contributed by atoms with E-state index in [-0.39, 0.29) is 11.9 Å². The molecule has 1 amide bonds. The zero-order valence-corrected chi connectivity index (χ0v) is 13.3. The maximum absolute atomic E-state index is 11.8. The summed E-state index contributed by atoms with van der Waals surface area (Å²) in [5.74, 6) is 0.100. The van der Waals surface area contributed by atoms with Crippen LogP contribution in [0, 0.1) is 13.8 Å². The largest absolute Gasteiger partial charge is 0.376 e. The molecular weight excluding hydrogens is 292 g/mol. The summed E-state index contributed by atoms with van der Waals surface area (Å²) in [6.45, 7) is 8.43. The molecule has 0 atom stereocenters. The molecule has 0 aliphatic carbocycles. The predicted octanol–water partition coefficient (Wildman–Crippen LogP) is 3.34. The van der Waals surface area contributed by atoms with Gasteiger partial charge in [-0.25, -0.2) is 0 Å². The Bertz CT molecular complexity index is 420. The first-order valence-electron chi connectivity index (χ1n) is 6.09. The third-order valence-corrected chi connectivity index (χ3v) is 4.30. The standard InChI is InChI=1S/C14H21BrN2O/c1-9(2)17(5)13(18)8-16-12-6-10(3)14(15)11(4)7-12/h6-7,9,16H,8H2,1-5H3. The first-order chi connectivity index (χ1) is 8.32. The Morgan fingerprint density at radius 1 is 1.33 bits per heavy atom. The van der Waals surface area contributed by atoms with E-state index >= 15 is 0 Å². The van der Waals surface area contributed by atoms with Crippen molar-refractivity contribution in [2.75, 3.05) is 18.9 Å². The van der Waals surface area contributed by atoms with Crippen molar-refractivity contribution in [2.45, 2.75) is 33.7 Å². The fourth-order valence-electron chi connectivity index (χ4n) is 1.64. The van der Waals surface area contributed by atoms with Crippen molar-refractivity contribution < 1.29 is 4.79 Å². The van der Waals surface area contributed by atoms with Gasteiger partial charge in [0.15, 0.2) is 0 Å². The highest BCUT2D eigenvalue weighted by Crippen LogP contribution is 2.24. The van der Waals surface area contributed by atoms with Crippen LogP contribution in [0.15, 0.2) is 16.6 Å². The minimum atomic E-state index is 0.100. The van der Waals surface area contributed by atoms with Crippen molar-refractivity contribution in [1.82, 2.24) is 4.90 Å². The lowest BCUT2D eigenvalue weighted by Gasteiger charge is -2.22. The number of likely N-dealkylation sites (N-methyl/N-ethyl adjacent to an activating group) is 1. The first kappa shape index (κ1) is 15.0. The SMILES string of the molecule is Cc1cc(NCC(=O)N(C)C(C)C)cc(C)c1Br. The van der Waals surface area contributed by atoms with Crippen LogP contribution in [0.2, 0.25) is 0 Å². The van der Waals surface area contributed by atoms with Crippen molar-refractivity contribution in [3.05, 3.63) is 27.7 Å². The molecule has 0 unspecified atom stereocenters. The quantitative estimate of drug-likeness (QED) is 0.924. The molecule has 100 valence electrons. The topological polar surface area (TPSA) is 32.3 Å². The van der Waals surface area contributed by atoms with E-state index in [4.69, 9.17) is 0 Å². The molecule has 1 aromatic rings. The van der Waals surface area contributed by atoms with Gasteiger partial charge in [0, 0.05) is 23.2 Å². The molecule has 0 fully saturated rings. The summed E-state index contributed by atoms with van der Waals surface area (Å²) in [7, 11) is 1.83. The Labute approximate surface area is 118 Å². The zero-order valence-electron chi connectivity index (χ0n) is 11.7. The molecule has 18 heavy (non-hydrogen) atoms. The van der Waals surface area contributed by atoms with Crippen LogP contribution < -0.4 is 5.32 Å². The Morgan fingerprint density at radius 3 is 2.28 bits per heavy atom. The lowest BCUT2D eigenvalue weighted by atomic mass is 10.1. The van der Waals surface area contributed by atoms with Gasteiger partial charge < -0.3 is 10.2 Å². The predicted molar refractivity (Wildman–Crippen MR) is 80.0 cm³/mol. The smallest absolute Gasteiger partial charge is 0.241 e. The van der Waals surface area contributed by atoms with E-state index in [1.807, 2.05) is 46.9 Å². The van der Waals surface area contributed by atoms with Gasteiger partial charge in [0.2, 0.25) is 5.91 Å². The monoisotopic (exact) mass is 312 g/mol. The van der Waals surface area contributed by atoms with E-state index in [0.29, 0.717) is 6.54 Å². The Morgan fingerprint density at radius 2 is 1.83 bits per heavy atom. The van der Waals surface area contributed by atoms with E-state index in [2.05, 4.69) is 21.2 Å². The molecule has 0 heterocycles. The summed E-state index contributed by atoms with van der Waals surface area (Å²) in [4.78, 5) is 13.6. The molecule has 0 aliphatic heterocycles. The molecule has 0 aliphatic rings. The van der Waals surface area contributed by atoms with E-state index in [1.54, 1.807) is 4.90 Å². The maximum Gasteiger partial charge on any atom is 0.241 e. The fourth-order valence-corrected chi connectivity index (χ4v) is 1.87. The highest BCUT2D eigenvalue weighted by atomic mass is 79.9. The number of amides is 1. The number of hydrogen-bond donors (Lipinski definition) is 1. The van der Waals surface area contributed by atoms with Gasteiger partial charge in [0.25, 0.3) is 0 Å². The van der Waals surface area contributed by atoms with Crippen LogP contribution in [0.3, 0.4) is 0 Å². The summed E-state index contributed by atoms with van der Waals surface area (Å²) < 4.78 is 1.12. The summed E-state index contributed by atoms with van der Waals surface area (Å²) in [6, 6.07) is 4.31. The van der Waals surface area contributed by atoms with Crippen molar-refractivity contribution in [3.8, 4) is 0 Å². The van der Waals surface area contributed by atoms with Crippen LogP contribution in [-0.2, 0) is 4.79 Å². The van der Waals surface area contributed by atoms with Gasteiger partial charge in [-0.15, -0.1) is 0 Å². The van der Waals surface area contributed by atoms with Crippen LogP contribution >= 0.6 is 15.9 Å². The number of rotatable bonds is 4. The van der Waals surface area contributed by atoms with E-state index in [0.717, 1.165) is 10.2 Å². The number of benzene rings is 1. The van der Waals surface area contributed by atoms with Gasteiger partial charge in [-0.2, -0.15) is 0 Å². The summed E-state index contributed by atoms with van der Waals surface area (Å²) >= 11 is 3.53. The summed E-state index contributed by atoms with van der Waals surface area (Å²) in [5.41, 5.74) is 3.32. The second-order valence-corrected chi connectivity index (χ2v) is 5.67. The lowest BCUT2D eigenvalue weighted by Crippen LogP contribution is -2.37. The Kier molecular flexibility index (Phi) is 5.20. The minimum absolute atomic E-state index is 0.100. The Balaban J connectivity index is 2.67. The molecule has 4 heteroatoms. The molecule has 1 rings (SSSR count). The van der Waals surface area contributed by atoms with Gasteiger partial charge in [0.05, 0.1) is 6.54 Å². The van der Waals surface area contributed by atoms with Crippen LogP contribution in [0.5, 0.6) is 0 Å². The average Bonchev–Trinajstić information content (AvgIpc) is 2.31. The molecule has 0 bridgehead atoms. The minimum Gasteiger partial charge on any atom is -0.376 e. The highest BCUT2D eigenvalue weighted by molar-refractivity contribution is 9.10. The maximum atomic E-state index is 11.8.